The van der Waals surface area contributed by atoms with Gasteiger partial charge in [-0.25, -0.2) is 13.8 Å². The third-order valence-electron chi connectivity index (χ3n) is 2.44. The molecule has 0 unspecified atom stereocenters. The van der Waals surface area contributed by atoms with Gasteiger partial charge in [-0.15, -0.1) is 0 Å². The Hall–Kier alpha value is -0.740. The topological polar surface area (TPSA) is 12.9 Å². The quantitative estimate of drug-likeness (QED) is 0.719. The largest absolute Gasteiger partial charge is 0.250 e. The minimum Gasteiger partial charge on any atom is -0.250 e. The molecule has 0 atom stereocenters. The zero-order valence-corrected chi connectivity index (χ0v) is 11.4. The van der Waals surface area contributed by atoms with Gasteiger partial charge < -0.3 is 0 Å². The van der Waals surface area contributed by atoms with Crippen molar-refractivity contribution in [3.8, 4) is 0 Å². The minimum absolute atomic E-state index is 0.0124. The van der Waals surface area contributed by atoms with Crippen LogP contribution in [0.25, 0.3) is 10.9 Å². The van der Waals surface area contributed by atoms with E-state index in [0.717, 1.165) is 12.5 Å². The Labute approximate surface area is 111 Å². The lowest BCUT2D eigenvalue weighted by molar-refractivity contribution is 0.609. The van der Waals surface area contributed by atoms with E-state index in [-0.39, 0.29) is 20.4 Å². The average molecular weight is 321 g/mol. The summed E-state index contributed by atoms with van der Waals surface area (Å²) in [5, 5.41) is 0.217. The van der Waals surface area contributed by atoms with Gasteiger partial charge in [0, 0.05) is 5.69 Å². The summed E-state index contributed by atoms with van der Waals surface area (Å²) in [6.07, 6.45) is 1.56. The van der Waals surface area contributed by atoms with Crippen molar-refractivity contribution in [2.24, 2.45) is 0 Å². The van der Waals surface area contributed by atoms with Crippen LogP contribution in [0, 0.1) is 11.6 Å². The first kappa shape index (κ1) is 12.7. The second-order valence-electron chi connectivity index (χ2n) is 3.72. The molecule has 2 rings (SSSR count). The molecule has 5 heteroatoms. The number of pyridine rings is 1. The van der Waals surface area contributed by atoms with E-state index >= 15 is 0 Å². The van der Waals surface area contributed by atoms with Gasteiger partial charge in [0.15, 0.2) is 5.82 Å². The number of halogens is 4. The molecule has 0 saturated carbocycles. The van der Waals surface area contributed by atoms with Crippen molar-refractivity contribution in [2.75, 3.05) is 0 Å². The maximum atomic E-state index is 13.8. The fourth-order valence-corrected chi connectivity index (χ4v) is 2.39. The van der Waals surface area contributed by atoms with E-state index in [0.29, 0.717) is 12.1 Å². The lowest BCUT2D eigenvalue weighted by Gasteiger charge is -2.07. The number of benzene rings is 1. The molecular formula is C12H9BrClF2N. The maximum absolute atomic E-state index is 13.8. The predicted molar refractivity (Wildman–Crippen MR) is 68.4 cm³/mol. The SMILES string of the molecule is CCCc1cc(Cl)c2c(F)c(Br)cc(F)c2n1. The lowest BCUT2D eigenvalue weighted by Crippen LogP contribution is -1.96. The van der Waals surface area contributed by atoms with Crippen molar-refractivity contribution in [1.82, 2.24) is 4.98 Å². The summed E-state index contributed by atoms with van der Waals surface area (Å²) in [7, 11) is 0. The highest BCUT2D eigenvalue weighted by atomic mass is 79.9. The van der Waals surface area contributed by atoms with Gasteiger partial charge in [-0.1, -0.05) is 24.9 Å². The Morgan fingerprint density at radius 2 is 2.06 bits per heavy atom. The molecule has 2 aromatic rings. The molecule has 0 aliphatic heterocycles. The van der Waals surface area contributed by atoms with Crippen LogP contribution in [0.1, 0.15) is 19.0 Å². The summed E-state index contributed by atoms with van der Waals surface area (Å²) in [6, 6.07) is 2.65. The van der Waals surface area contributed by atoms with Crippen LogP contribution in [-0.2, 0) is 6.42 Å². The van der Waals surface area contributed by atoms with Gasteiger partial charge in [0.05, 0.1) is 14.9 Å². The first-order valence-corrected chi connectivity index (χ1v) is 6.34. The molecule has 17 heavy (non-hydrogen) atoms. The predicted octanol–water partition coefficient (Wildman–Crippen LogP) is 4.88. The van der Waals surface area contributed by atoms with Gasteiger partial charge in [0.25, 0.3) is 0 Å². The third-order valence-corrected chi connectivity index (χ3v) is 3.31. The maximum Gasteiger partial charge on any atom is 0.150 e. The number of hydrogen-bond donors (Lipinski definition) is 0. The number of nitrogens with zero attached hydrogens (tertiary/aromatic N) is 1. The highest BCUT2D eigenvalue weighted by Crippen LogP contribution is 2.32. The summed E-state index contributed by atoms with van der Waals surface area (Å²) in [5.41, 5.74) is 0.660. The molecule has 1 aromatic carbocycles. The van der Waals surface area contributed by atoms with Crippen LogP contribution in [0.5, 0.6) is 0 Å². The van der Waals surface area contributed by atoms with Crippen molar-refractivity contribution in [1.29, 1.82) is 0 Å². The molecule has 0 amide bonds. The summed E-state index contributed by atoms with van der Waals surface area (Å²) in [6.45, 7) is 1.98. The molecule has 0 fully saturated rings. The Morgan fingerprint density at radius 3 is 2.71 bits per heavy atom. The number of fused-ring (bicyclic) bond motifs is 1. The first-order chi connectivity index (χ1) is 8.04. The fourth-order valence-electron chi connectivity index (χ4n) is 1.69. The lowest BCUT2D eigenvalue weighted by atomic mass is 10.1. The van der Waals surface area contributed by atoms with Gasteiger partial charge in [0.2, 0.25) is 0 Å². The van der Waals surface area contributed by atoms with Gasteiger partial charge in [-0.2, -0.15) is 0 Å². The second kappa shape index (κ2) is 4.86. The molecule has 1 heterocycles. The number of aryl methyl sites for hydroxylation is 1. The molecule has 0 saturated heterocycles. The minimum atomic E-state index is -0.582. The molecule has 0 aliphatic rings. The Morgan fingerprint density at radius 1 is 1.35 bits per heavy atom. The van der Waals surface area contributed by atoms with Crippen LogP contribution in [0.15, 0.2) is 16.6 Å². The van der Waals surface area contributed by atoms with Crippen LogP contribution in [0.3, 0.4) is 0 Å². The van der Waals surface area contributed by atoms with Crippen molar-refractivity contribution in [3.63, 3.8) is 0 Å². The van der Waals surface area contributed by atoms with E-state index < -0.39 is 11.6 Å². The van der Waals surface area contributed by atoms with Crippen molar-refractivity contribution >= 4 is 38.4 Å². The van der Waals surface area contributed by atoms with E-state index in [1.165, 1.54) is 0 Å². The Balaban J connectivity index is 2.81. The first-order valence-electron chi connectivity index (χ1n) is 5.17. The van der Waals surface area contributed by atoms with Crippen LogP contribution >= 0.6 is 27.5 Å². The van der Waals surface area contributed by atoms with Gasteiger partial charge in [0.1, 0.15) is 11.3 Å². The van der Waals surface area contributed by atoms with Gasteiger partial charge in [-0.3, -0.25) is 0 Å². The molecule has 90 valence electrons. The monoisotopic (exact) mass is 319 g/mol. The molecule has 0 radical (unpaired) electrons. The summed E-state index contributed by atoms with van der Waals surface area (Å²) < 4.78 is 27.6. The van der Waals surface area contributed by atoms with E-state index in [1.54, 1.807) is 6.07 Å². The van der Waals surface area contributed by atoms with Gasteiger partial charge >= 0.3 is 0 Å². The molecular weight excluding hydrogens is 311 g/mol. The number of aromatic nitrogens is 1. The van der Waals surface area contributed by atoms with Crippen molar-refractivity contribution < 1.29 is 8.78 Å². The molecule has 0 spiro atoms. The smallest absolute Gasteiger partial charge is 0.150 e. The second-order valence-corrected chi connectivity index (χ2v) is 4.98. The van der Waals surface area contributed by atoms with Crippen LogP contribution in [0.2, 0.25) is 5.02 Å². The zero-order chi connectivity index (χ0) is 12.6. The summed E-state index contributed by atoms with van der Waals surface area (Å²) >= 11 is 8.93. The third kappa shape index (κ3) is 2.29. The van der Waals surface area contributed by atoms with E-state index in [1.807, 2.05) is 6.92 Å². The van der Waals surface area contributed by atoms with E-state index in [2.05, 4.69) is 20.9 Å². The highest BCUT2D eigenvalue weighted by Gasteiger charge is 2.15. The number of hydrogen-bond acceptors (Lipinski definition) is 1. The molecule has 1 nitrogen and oxygen atoms in total. The average Bonchev–Trinajstić information content (AvgIpc) is 2.26. The molecule has 0 bridgehead atoms. The van der Waals surface area contributed by atoms with Gasteiger partial charge in [-0.05, 0) is 34.5 Å². The van der Waals surface area contributed by atoms with Crippen molar-refractivity contribution in [3.05, 3.63) is 39.0 Å². The van der Waals surface area contributed by atoms with E-state index in [4.69, 9.17) is 11.6 Å². The van der Waals surface area contributed by atoms with E-state index in [9.17, 15) is 8.78 Å². The molecule has 0 aliphatic carbocycles. The molecule has 1 aromatic heterocycles. The Bertz CT molecular complexity index is 586. The molecule has 0 N–H and O–H groups in total. The number of rotatable bonds is 2. The zero-order valence-electron chi connectivity index (χ0n) is 9.03. The highest BCUT2D eigenvalue weighted by molar-refractivity contribution is 9.10. The normalized spacial score (nSPS) is 11.1. The summed E-state index contributed by atoms with van der Waals surface area (Å²) in [4.78, 5) is 4.11. The summed E-state index contributed by atoms with van der Waals surface area (Å²) in [5.74, 6) is -1.16. The van der Waals surface area contributed by atoms with Crippen LogP contribution in [-0.4, -0.2) is 4.98 Å². The van der Waals surface area contributed by atoms with Crippen LogP contribution in [0.4, 0.5) is 8.78 Å². The van der Waals surface area contributed by atoms with Crippen LogP contribution < -0.4 is 0 Å². The Kier molecular flexibility index (Phi) is 3.64. The standard InChI is InChI=1S/C12H9BrClF2N/c1-2-3-6-4-8(14)10-11(16)7(13)5-9(15)12(10)17-6/h4-5H,2-3H2,1H3. The fraction of sp³-hybridized carbons (Fsp3) is 0.250. The van der Waals surface area contributed by atoms with Crippen molar-refractivity contribution in [2.45, 2.75) is 19.8 Å².